The van der Waals surface area contributed by atoms with Crippen molar-refractivity contribution < 1.29 is 0 Å². The third kappa shape index (κ3) is 1.48. The topological polar surface area (TPSA) is 24.1 Å². The Morgan fingerprint density at radius 1 is 1.07 bits per heavy atom. The molecule has 1 aliphatic carbocycles. The SMILES string of the molecule is Cc1ccc2c(c1)NCC1(CCC1)CN2. The van der Waals surface area contributed by atoms with Crippen LogP contribution in [0.2, 0.25) is 0 Å². The van der Waals surface area contributed by atoms with E-state index in [1.165, 1.54) is 36.2 Å². The summed E-state index contributed by atoms with van der Waals surface area (Å²) in [6.07, 6.45) is 4.15. The first-order valence-corrected chi connectivity index (χ1v) is 5.86. The number of hydrogen-bond donors (Lipinski definition) is 2. The van der Waals surface area contributed by atoms with Crippen LogP contribution in [0.1, 0.15) is 24.8 Å². The maximum absolute atomic E-state index is 3.60. The quantitative estimate of drug-likeness (QED) is 0.675. The Balaban J connectivity index is 1.88. The monoisotopic (exact) mass is 202 g/mol. The molecule has 80 valence electrons. The van der Waals surface area contributed by atoms with E-state index in [0.717, 1.165) is 13.1 Å². The maximum Gasteiger partial charge on any atom is 0.0578 e. The molecule has 0 saturated heterocycles. The summed E-state index contributed by atoms with van der Waals surface area (Å²) >= 11 is 0. The highest BCUT2D eigenvalue weighted by Crippen LogP contribution is 2.43. The molecule has 15 heavy (non-hydrogen) atoms. The third-order valence-electron chi connectivity index (χ3n) is 3.90. The molecule has 0 atom stereocenters. The first-order chi connectivity index (χ1) is 7.27. The molecule has 1 aliphatic heterocycles. The van der Waals surface area contributed by atoms with E-state index in [1.54, 1.807) is 0 Å². The second-order valence-electron chi connectivity index (χ2n) is 5.11. The van der Waals surface area contributed by atoms with Gasteiger partial charge in [-0.25, -0.2) is 0 Å². The van der Waals surface area contributed by atoms with Crippen molar-refractivity contribution in [3.05, 3.63) is 23.8 Å². The lowest BCUT2D eigenvalue weighted by Crippen LogP contribution is -2.40. The van der Waals surface area contributed by atoms with Crippen LogP contribution in [0.25, 0.3) is 0 Å². The molecular weight excluding hydrogens is 184 g/mol. The average Bonchev–Trinajstić information content (AvgIpc) is 2.36. The second-order valence-corrected chi connectivity index (χ2v) is 5.11. The lowest BCUT2D eigenvalue weighted by Gasteiger charge is -2.41. The molecule has 1 heterocycles. The van der Waals surface area contributed by atoms with Gasteiger partial charge in [0.25, 0.3) is 0 Å². The van der Waals surface area contributed by atoms with Gasteiger partial charge in [0.05, 0.1) is 11.4 Å². The highest BCUT2D eigenvalue weighted by molar-refractivity contribution is 5.70. The van der Waals surface area contributed by atoms with Gasteiger partial charge in [0.15, 0.2) is 0 Å². The van der Waals surface area contributed by atoms with Gasteiger partial charge in [-0.1, -0.05) is 12.5 Å². The molecule has 3 rings (SSSR count). The van der Waals surface area contributed by atoms with E-state index in [4.69, 9.17) is 0 Å². The van der Waals surface area contributed by atoms with Gasteiger partial charge >= 0.3 is 0 Å². The number of aryl methyl sites for hydroxylation is 1. The molecule has 1 aromatic rings. The fraction of sp³-hybridized carbons (Fsp3) is 0.538. The first-order valence-electron chi connectivity index (χ1n) is 5.86. The van der Waals surface area contributed by atoms with Gasteiger partial charge in [-0.15, -0.1) is 0 Å². The van der Waals surface area contributed by atoms with Crippen molar-refractivity contribution in [3.63, 3.8) is 0 Å². The summed E-state index contributed by atoms with van der Waals surface area (Å²) in [7, 11) is 0. The minimum atomic E-state index is 0.535. The van der Waals surface area contributed by atoms with Crippen molar-refractivity contribution in [2.24, 2.45) is 5.41 Å². The van der Waals surface area contributed by atoms with Gasteiger partial charge in [0.1, 0.15) is 0 Å². The smallest absolute Gasteiger partial charge is 0.0578 e. The van der Waals surface area contributed by atoms with E-state index < -0.39 is 0 Å². The number of fused-ring (bicyclic) bond motifs is 1. The number of rotatable bonds is 0. The van der Waals surface area contributed by atoms with Crippen molar-refractivity contribution in [1.29, 1.82) is 0 Å². The van der Waals surface area contributed by atoms with Crippen LogP contribution in [0.5, 0.6) is 0 Å². The standard InChI is InChI=1S/C13H18N2/c1-10-3-4-11-12(7-10)15-9-13(8-14-11)5-2-6-13/h3-4,7,14-15H,2,5-6,8-9H2,1H3. The van der Waals surface area contributed by atoms with Gasteiger partial charge in [-0.2, -0.15) is 0 Å². The largest absolute Gasteiger partial charge is 0.383 e. The Kier molecular flexibility index (Phi) is 1.91. The summed E-state index contributed by atoms with van der Waals surface area (Å²) in [4.78, 5) is 0. The average molecular weight is 202 g/mol. The molecule has 1 fully saturated rings. The van der Waals surface area contributed by atoms with Crippen LogP contribution in [0.15, 0.2) is 18.2 Å². The molecule has 2 N–H and O–H groups in total. The Bertz CT molecular complexity index is 380. The Morgan fingerprint density at radius 2 is 1.80 bits per heavy atom. The molecule has 2 heteroatoms. The van der Waals surface area contributed by atoms with Crippen LogP contribution in [-0.4, -0.2) is 13.1 Å². The summed E-state index contributed by atoms with van der Waals surface area (Å²) in [6, 6.07) is 6.60. The van der Waals surface area contributed by atoms with Crippen molar-refractivity contribution >= 4 is 11.4 Å². The van der Waals surface area contributed by atoms with Crippen molar-refractivity contribution in [1.82, 2.24) is 0 Å². The normalized spacial score (nSPS) is 21.9. The zero-order valence-corrected chi connectivity index (χ0v) is 9.27. The molecule has 0 aromatic heterocycles. The minimum Gasteiger partial charge on any atom is -0.383 e. The fourth-order valence-corrected chi connectivity index (χ4v) is 2.62. The van der Waals surface area contributed by atoms with Crippen LogP contribution in [0, 0.1) is 12.3 Å². The van der Waals surface area contributed by atoms with E-state index >= 15 is 0 Å². The van der Waals surface area contributed by atoms with Crippen LogP contribution >= 0.6 is 0 Å². The van der Waals surface area contributed by atoms with E-state index in [2.05, 4.69) is 35.8 Å². The van der Waals surface area contributed by atoms with Gasteiger partial charge in [0, 0.05) is 18.5 Å². The molecular formula is C13H18N2. The fourth-order valence-electron chi connectivity index (χ4n) is 2.62. The van der Waals surface area contributed by atoms with E-state index in [0.29, 0.717) is 5.41 Å². The molecule has 2 aliphatic rings. The van der Waals surface area contributed by atoms with Crippen molar-refractivity contribution in [2.75, 3.05) is 23.7 Å². The van der Waals surface area contributed by atoms with Gasteiger partial charge in [-0.3, -0.25) is 0 Å². The highest BCUT2D eigenvalue weighted by Gasteiger charge is 2.37. The van der Waals surface area contributed by atoms with Gasteiger partial charge in [-0.05, 0) is 37.5 Å². The molecule has 0 unspecified atom stereocenters. The molecule has 0 amide bonds. The molecule has 2 nitrogen and oxygen atoms in total. The Morgan fingerprint density at radius 3 is 2.47 bits per heavy atom. The second kappa shape index (κ2) is 3.16. The van der Waals surface area contributed by atoms with Crippen LogP contribution < -0.4 is 10.6 Å². The third-order valence-corrected chi connectivity index (χ3v) is 3.90. The molecule has 1 aromatic carbocycles. The zero-order chi connectivity index (χ0) is 10.3. The molecule has 1 saturated carbocycles. The van der Waals surface area contributed by atoms with E-state index in [9.17, 15) is 0 Å². The molecule has 0 bridgehead atoms. The van der Waals surface area contributed by atoms with E-state index in [1.807, 2.05) is 0 Å². The number of anilines is 2. The first kappa shape index (κ1) is 9.08. The van der Waals surface area contributed by atoms with Crippen LogP contribution in [0.4, 0.5) is 11.4 Å². The zero-order valence-electron chi connectivity index (χ0n) is 9.27. The predicted molar refractivity (Wildman–Crippen MR) is 64.4 cm³/mol. The lowest BCUT2D eigenvalue weighted by molar-refractivity contribution is 0.171. The van der Waals surface area contributed by atoms with Crippen LogP contribution in [0.3, 0.4) is 0 Å². The summed E-state index contributed by atoms with van der Waals surface area (Å²) < 4.78 is 0. The van der Waals surface area contributed by atoms with E-state index in [-0.39, 0.29) is 0 Å². The lowest BCUT2D eigenvalue weighted by atomic mass is 9.69. The predicted octanol–water partition coefficient (Wildman–Crippen LogP) is 3.00. The maximum atomic E-state index is 3.60. The summed E-state index contributed by atoms with van der Waals surface area (Å²) in [5, 5.41) is 7.18. The minimum absolute atomic E-state index is 0.535. The number of hydrogen-bond acceptors (Lipinski definition) is 2. The van der Waals surface area contributed by atoms with Crippen molar-refractivity contribution in [3.8, 4) is 0 Å². The molecule has 1 spiro atoms. The summed E-state index contributed by atoms with van der Waals surface area (Å²) in [6.45, 7) is 4.42. The number of benzene rings is 1. The number of nitrogens with one attached hydrogen (secondary N) is 2. The summed E-state index contributed by atoms with van der Waals surface area (Å²) in [5.74, 6) is 0. The van der Waals surface area contributed by atoms with Gasteiger partial charge < -0.3 is 10.6 Å². The Hall–Kier alpha value is -1.18. The van der Waals surface area contributed by atoms with Gasteiger partial charge in [0.2, 0.25) is 0 Å². The van der Waals surface area contributed by atoms with Crippen molar-refractivity contribution in [2.45, 2.75) is 26.2 Å². The summed E-state index contributed by atoms with van der Waals surface area (Å²) in [5.41, 5.74) is 4.41. The molecule has 0 radical (unpaired) electrons. The highest BCUT2D eigenvalue weighted by atomic mass is 15.0. The Labute approximate surface area is 91.1 Å². The van der Waals surface area contributed by atoms with Crippen LogP contribution in [-0.2, 0) is 0 Å².